The Bertz CT molecular complexity index is 3370. The second-order valence-electron chi connectivity index (χ2n) is 12.5. The molecule has 1 nitrogen and oxygen atoms in total. The van der Waals surface area contributed by atoms with Crippen LogP contribution in [0.3, 0.4) is 0 Å². The minimum absolute atomic E-state index is 0.118. The van der Waals surface area contributed by atoms with Crippen molar-refractivity contribution in [3.63, 3.8) is 0 Å². The second kappa shape index (κ2) is 12.0. The van der Waals surface area contributed by atoms with Gasteiger partial charge in [-0.05, 0) is 101 Å². The fraction of sp³-hybridized carbons (Fsp3) is 0. The third-order valence-electron chi connectivity index (χ3n) is 9.65. The van der Waals surface area contributed by atoms with Gasteiger partial charge in [0, 0.05) is 10.8 Å². The predicted octanol–water partition coefficient (Wildman–Crippen LogP) is 14.2. The molecule has 0 spiro atoms. The van der Waals surface area contributed by atoms with Crippen molar-refractivity contribution in [3.8, 4) is 55.6 Å². The SMILES string of the molecule is [2H]c1c([2H])c([2H])c(-c2ccc3oc4cccc(-c5c6ccccc6c(-c6ccc(-c7c([2H])c([2H])c([2H])c([2H])c7[2H])c(-c7ccccc7)c6)c6ccccc56)c4c3c2)c([2H])c1[2H]. The van der Waals surface area contributed by atoms with Crippen LogP contribution in [0.2, 0.25) is 0 Å². The number of hydrogen-bond donors (Lipinski definition) is 0. The predicted molar refractivity (Wildman–Crippen MR) is 216 cm³/mol. The van der Waals surface area contributed by atoms with Crippen LogP contribution in [0.15, 0.2) is 198 Å². The Kier molecular flexibility index (Phi) is 4.88. The highest BCUT2D eigenvalue weighted by molar-refractivity contribution is 6.26. The number of benzene rings is 9. The van der Waals surface area contributed by atoms with Gasteiger partial charge in [0.2, 0.25) is 0 Å². The Labute approximate surface area is 310 Å². The van der Waals surface area contributed by atoms with Crippen LogP contribution in [0.1, 0.15) is 13.7 Å². The molecule has 0 N–H and O–H groups in total. The Morgan fingerprint density at radius 3 is 1.63 bits per heavy atom. The van der Waals surface area contributed by atoms with Crippen molar-refractivity contribution >= 4 is 43.5 Å². The Hall–Kier alpha value is -6.70. The zero-order valence-electron chi connectivity index (χ0n) is 37.1. The van der Waals surface area contributed by atoms with Crippen LogP contribution >= 0.6 is 0 Å². The van der Waals surface area contributed by atoms with Crippen LogP contribution in [-0.2, 0) is 0 Å². The molecule has 0 amide bonds. The molecular weight excluding hydrogens is 617 g/mol. The standard InChI is InChI=1S/C50H32O/c1-4-15-33(16-5-1)36-28-30-46-45(31-36)50-43(25-14-26-47(50)51-46)49-41-23-12-10-21-39(41)48(40-22-11-13-24-42(40)49)37-27-29-38(34-17-6-2-7-18-34)44(32-37)35-19-8-3-9-20-35/h1-32H/i1D,2D,4D,5D,6D,7D,15D,16D,17D,18D. The lowest BCUT2D eigenvalue weighted by atomic mass is 9.83. The summed E-state index contributed by atoms with van der Waals surface area (Å²) in [5, 5.41) is 5.43. The first-order chi connectivity index (χ1) is 29.5. The maximum Gasteiger partial charge on any atom is 0.136 e. The third-order valence-corrected chi connectivity index (χ3v) is 9.65. The zero-order valence-corrected chi connectivity index (χ0v) is 27.1. The van der Waals surface area contributed by atoms with Gasteiger partial charge in [0.05, 0.1) is 13.7 Å². The van der Waals surface area contributed by atoms with Gasteiger partial charge in [0.15, 0.2) is 0 Å². The van der Waals surface area contributed by atoms with E-state index < -0.39 is 36.3 Å². The summed E-state index contributed by atoms with van der Waals surface area (Å²) in [4.78, 5) is 0. The van der Waals surface area contributed by atoms with E-state index >= 15 is 0 Å². The minimum Gasteiger partial charge on any atom is -0.456 e. The molecule has 0 aliphatic rings. The Balaban J connectivity index is 1.25. The molecule has 0 saturated carbocycles. The quantitative estimate of drug-likeness (QED) is 0.168. The molecule has 0 radical (unpaired) electrons. The maximum absolute atomic E-state index is 8.85. The van der Waals surface area contributed by atoms with E-state index in [2.05, 4.69) is 30.3 Å². The molecule has 9 aromatic carbocycles. The fourth-order valence-electron chi connectivity index (χ4n) is 7.47. The molecule has 0 fully saturated rings. The van der Waals surface area contributed by atoms with Crippen molar-refractivity contribution in [2.75, 3.05) is 0 Å². The lowest BCUT2D eigenvalue weighted by molar-refractivity contribution is 0.669. The van der Waals surface area contributed by atoms with E-state index in [0.29, 0.717) is 22.3 Å². The average Bonchev–Trinajstić information content (AvgIpc) is 3.67. The summed E-state index contributed by atoms with van der Waals surface area (Å²) in [7, 11) is 0. The van der Waals surface area contributed by atoms with Gasteiger partial charge in [-0.25, -0.2) is 0 Å². The van der Waals surface area contributed by atoms with Crippen molar-refractivity contribution in [1.29, 1.82) is 0 Å². The first-order valence-electron chi connectivity index (χ1n) is 21.7. The minimum atomic E-state index is -0.445. The Morgan fingerprint density at radius 1 is 0.333 bits per heavy atom. The number of hydrogen-bond acceptors (Lipinski definition) is 1. The molecule has 10 aromatic rings. The molecule has 0 aliphatic heterocycles. The van der Waals surface area contributed by atoms with Crippen molar-refractivity contribution in [2.24, 2.45) is 0 Å². The molecule has 0 atom stereocenters. The van der Waals surface area contributed by atoms with Gasteiger partial charge in [-0.2, -0.15) is 0 Å². The molecule has 1 heteroatoms. The first kappa shape index (κ1) is 20.7. The summed E-state index contributed by atoms with van der Waals surface area (Å²) in [5.74, 6) is 0. The second-order valence-corrected chi connectivity index (χ2v) is 12.5. The van der Waals surface area contributed by atoms with Gasteiger partial charge in [-0.1, -0.05) is 170 Å². The lowest BCUT2D eigenvalue weighted by Gasteiger charge is -2.19. The smallest absolute Gasteiger partial charge is 0.136 e. The van der Waals surface area contributed by atoms with Crippen LogP contribution in [0.4, 0.5) is 0 Å². The molecule has 10 rings (SSSR count). The van der Waals surface area contributed by atoms with E-state index in [1.807, 2.05) is 91.0 Å². The number of furan rings is 1. The molecule has 0 saturated heterocycles. The van der Waals surface area contributed by atoms with Crippen LogP contribution in [0.25, 0.3) is 99.1 Å². The van der Waals surface area contributed by atoms with Gasteiger partial charge in [0.25, 0.3) is 0 Å². The number of fused-ring (bicyclic) bond motifs is 5. The highest BCUT2D eigenvalue weighted by Gasteiger charge is 2.21. The summed E-state index contributed by atoms with van der Waals surface area (Å²) in [6, 6.07) is 39.7. The maximum atomic E-state index is 8.85. The van der Waals surface area contributed by atoms with Crippen LogP contribution < -0.4 is 0 Å². The molecule has 1 heterocycles. The van der Waals surface area contributed by atoms with Crippen LogP contribution in [0, 0.1) is 0 Å². The molecular formula is C50H32O. The van der Waals surface area contributed by atoms with E-state index in [-0.39, 0.29) is 35.3 Å². The largest absolute Gasteiger partial charge is 0.456 e. The number of rotatable bonds is 5. The van der Waals surface area contributed by atoms with E-state index in [1.165, 1.54) is 0 Å². The highest BCUT2D eigenvalue weighted by atomic mass is 16.3. The summed E-state index contributed by atoms with van der Waals surface area (Å²) in [5.41, 5.74) is 7.75. The van der Waals surface area contributed by atoms with Gasteiger partial charge in [0.1, 0.15) is 11.2 Å². The van der Waals surface area contributed by atoms with E-state index in [0.717, 1.165) is 65.7 Å². The topological polar surface area (TPSA) is 13.1 Å². The monoisotopic (exact) mass is 658 g/mol. The normalized spacial score (nSPS) is 14.3. The Morgan fingerprint density at radius 2 is 0.941 bits per heavy atom. The molecule has 51 heavy (non-hydrogen) atoms. The van der Waals surface area contributed by atoms with E-state index in [1.54, 1.807) is 12.1 Å². The van der Waals surface area contributed by atoms with Crippen molar-refractivity contribution in [1.82, 2.24) is 0 Å². The average molecular weight is 659 g/mol. The van der Waals surface area contributed by atoms with Crippen LogP contribution in [-0.4, -0.2) is 0 Å². The fourth-order valence-corrected chi connectivity index (χ4v) is 7.47. The molecule has 238 valence electrons. The van der Waals surface area contributed by atoms with Gasteiger partial charge in [-0.15, -0.1) is 0 Å². The van der Waals surface area contributed by atoms with E-state index in [4.69, 9.17) is 18.1 Å². The van der Waals surface area contributed by atoms with Gasteiger partial charge >= 0.3 is 0 Å². The van der Waals surface area contributed by atoms with Crippen molar-refractivity contribution in [2.45, 2.75) is 0 Å². The molecule has 0 unspecified atom stereocenters. The third kappa shape index (κ3) is 4.86. The lowest BCUT2D eigenvalue weighted by Crippen LogP contribution is -1.93. The van der Waals surface area contributed by atoms with Crippen molar-refractivity contribution in [3.05, 3.63) is 194 Å². The van der Waals surface area contributed by atoms with E-state index in [9.17, 15) is 0 Å². The summed E-state index contributed by atoms with van der Waals surface area (Å²) >= 11 is 0. The molecule has 0 aliphatic carbocycles. The zero-order chi connectivity index (χ0) is 42.4. The highest BCUT2D eigenvalue weighted by Crippen LogP contribution is 2.48. The first-order valence-corrected chi connectivity index (χ1v) is 16.7. The summed E-state index contributed by atoms with van der Waals surface area (Å²) in [6.07, 6.45) is 0. The van der Waals surface area contributed by atoms with Gasteiger partial charge in [-0.3, -0.25) is 0 Å². The van der Waals surface area contributed by atoms with Crippen molar-refractivity contribution < 1.29 is 18.1 Å². The molecule has 1 aromatic heterocycles. The van der Waals surface area contributed by atoms with Crippen LogP contribution in [0.5, 0.6) is 0 Å². The van der Waals surface area contributed by atoms with Gasteiger partial charge < -0.3 is 4.42 Å². The summed E-state index contributed by atoms with van der Waals surface area (Å²) < 4.78 is 91.3. The molecule has 0 bridgehead atoms. The summed E-state index contributed by atoms with van der Waals surface area (Å²) in [6.45, 7) is 0.